The predicted molar refractivity (Wildman–Crippen MR) is 94.1 cm³/mol. The van der Waals surface area contributed by atoms with Crippen molar-refractivity contribution in [3.8, 4) is 0 Å². The van der Waals surface area contributed by atoms with Crippen LogP contribution >= 0.6 is 0 Å². The van der Waals surface area contributed by atoms with E-state index in [2.05, 4.69) is 0 Å². The minimum absolute atomic E-state index is 0.0213. The second-order valence-electron chi connectivity index (χ2n) is 7.27. The van der Waals surface area contributed by atoms with E-state index in [-0.39, 0.29) is 12.6 Å². The molecule has 5 heteroatoms. The van der Waals surface area contributed by atoms with Crippen molar-refractivity contribution in [3.63, 3.8) is 0 Å². The summed E-state index contributed by atoms with van der Waals surface area (Å²) in [6.45, 7) is 0.179. The summed E-state index contributed by atoms with van der Waals surface area (Å²) in [6.07, 6.45) is 7.51. The summed E-state index contributed by atoms with van der Waals surface area (Å²) in [4.78, 5) is 26.0. The number of carbonyl (C=O) groups excluding carboxylic acids is 1. The molecule has 25 heavy (non-hydrogen) atoms. The minimum atomic E-state index is -0.908. The molecule has 136 valence electrons. The molecule has 1 aromatic rings. The van der Waals surface area contributed by atoms with Crippen molar-refractivity contribution in [3.05, 3.63) is 35.9 Å². The number of hydrogen-bond acceptors (Lipinski definition) is 3. The first-order valence-electron chi connectivity index (χ1n) is 9.37. The van der Waals surface area contributed by atoms with Gasteiger partial charge in [0.25, 0.3) is 0 Å². The zero-order chi connectivity index (χ0) is 17.6. The third-order valence-corrected chi connectivity index (χ3v) is 5.26. The zero-order valence-corrected chi connectivity index (χ0v) is 14.6. The number of nitrogens with zero attached hydrogens (tertiary/aromatic N) is 1. The number of carboxylic acid groups (broad SMARTS) is 1. The minimum Gasteiger partial charge on any atom is -0.480 e. The van der Waals surface area contributed by atoms with Gasteiger partial charge in [-0.1, -0.05) is 62.4 Å². The quantitative estimate of drug-likeness (QED) is 0.804. The fourth-order valence-electron chi connectivity index (χ4n) is 3.75. The molecular formula is C20H27NO4. The van der Waals surface area contributed by atoms with E-state index in [0.717, 1.165) is 31.2 Å². The van der Waals surface area contributed by atoms with Crippen molar-refractivity contribution >= 4 is 12.1 Å². The van der Waals surface area contributed by atoms with Crippen molar-refractivity contribution in [2.75, 3.05) is 0 Å². The fraction of sp³-hybridized carbons (Fsp3) is 0.600. The molecule has 2 fully saturated rings. The van der Waals surface area contributed by atoms with Crippen LogP contribution in [0.2, 0.25) is 0 Å². The number of ether oxygens (including phenoxy) is 1. The Kier molecular flexibility index (Phi) is 5.95. The number of carbonyl (C=O) groups is 2. The maximum Gasteiger partial charge on any atom is 0.411 e. The van der Waals surface area contributed by atoms with Crippen LogP contribution in [0.4, 0.5) is 4.79 Å². The number of amides is 1. The summed E-state index contributed by atoms with van der Waals surface area (Å²) < 4.78 is 5.44. The Balaban J connectivity index is 1.64. The van der Waals surface area contributed by atoms with E-state index in [1.165, 1.54) is 24.2 Å². The first-order chi connectivity index (χ1) is 12.1. The van der Waals surface area contributed by atoms with E-state index in [9.17, 15) is 14.7 Å². The highest BCUT2D eigenvalue weighted by atomic mass is 16.6. The summed E-state index contributed by atoms with van der Waals surface area (Å²) in [5.74, 6) is -0.507. The van der Waals surface area contributed by atoms with Crippen molar-refractivity contribution in [2.45, 2.75) is 70.1 Å². The van der Waals surface area contributed by atoms with E-state index in [4.69, 9.17) is 4.74 Å². The van der Waals surface area contributed by atoms with Crippen molar-refractivity contribution < 1.29 is 19.4 Å². The molecule has 1 aromatic carbocycles. The second kappa shape index (κ2) is 8.37. The molecule has 0 unspecified atom stereocenters. The van der Waals surface area contributed by atoms with E-state index in [0.29, 0.717) is 12.3 Å². The van der Waals surface area contributed by atoms with E-state index >= 15 is 0 Å². The van der Waals surface area contributed by atoms with Crippen molar-refractivity contribution in [1.82, 2.24) is 4.90 Å². The van der Waals surface area contributed by atoms with Crippen LogP contribution in [0, 0.1) is 5.92 Å². The largest absolute Gasteiger partial charge is 0.480 e. The molecule has 0 aromatic heterocycles. The van der Waals surface area contributed by atoms with Crippen LogP contribution in [-0.2, 0) is 16.1 Å². The summed E-state index contributed by atoms with van der Waals surface area (Å²) in [7, 11) is 0. The Hall–Kier alpha value is -2.04. The molecule has 0 saturated heterocycles. The molecule has 0 radical (unpaired) electrons. The van der Waals surface area contributed by atoms with Crippen LogP contribution in [0.5, 0.6) is 0 Å². The first-order valence-corrected chi connectivity index (χ1v) is 9.37. The van der Waals surface area contributed by atoms with Crippen LogP contribution in [0.15, 0.2) is 30.3 Å². The summed E-state index contributed by atoms with van der Waals surface area (Å²) in [5, 5.41) is 9.74. The Morgan fingerprint density at radius 1 is 1.08 bits per heavy atom. The highest BCUT2D eigenvalue weighted by molar-refractivity contribution is 5.80. The lowest BCUT2D eigenvalue weighted by atomic mass is 9.84. The van der Waals surface area contributed by atoms with Gasteiger partial charge in [0.2, 0.25) is 0 Å². The van der Waals surface area contributed by atoms with Gasteiger partial charge in [-0.3, -0.25) is 4.90 Å². The molecule has 0 bridgehead atoms. The van der Waals surface area contributed by atoms with E-state index < -0.39 is 18.1 Å². The van der Waals surface area contributed by atoms with Gasteiger partial charge in [0, 0.05) is 6.04 Å². The Labute approximate surface area is 149 Å². The van der Waals surface area contributed by atoms with E-state index in [1.54, 1.807) is 0 Å². The Bertz CT molecular complexity index is 579. The first kappa shape index (κ1) is 17.8. The summed E-state index contributed by atoms with van der Waals surface area (Å²) in [6, 6.07) is 8.74. The maximum absolute atomic E-state index is 12.6. The topological polar surface area (TPSA) is 66.8 Å². The predicted octanol–water partition coefficient (Wildman–Crippen LogP) is 4.21. The van der Waals surface area contributed by atoms with Crippen LogP contribution in [-0.4, -0.2) is 34.2 Å². The molecule has 0 spiro atoms. The molecule has 1 N–H and O–H groups in total. The SMILES string of the molecule is O=C(O)[C@H](CC1CCCCC1)N(C(=O)OCc1ccccc1)C1CC1. The summed E-state index contributed by atoms with van der Waals surface area (Å²) >= 11 is 0. The number of benzene rings is 1. The Morgan fingerprint density at radius 3 is 2.36 bits per heavy atom. The van der Waals surface area contributed by atoms with Crippen LogP contribution in [0.3, 0.4) is 0 Å². The monoisotopic (exact) mass is 345 g/mol. The average Bonchev–Trinajstić information content (AvgIpc) is 3.46. The molecular weight excluding hydrogens is 318 g/mol. The number of hydrogen-bond donors (Lipinski definition) is 1. The average molecular weight is 345 g/mol. The van der Waals surface area contributed by atoms with Crippen molar-refractivity contribution in [1.29, 1.82) is 0 Å². The van der Waals surface area contributed by atoms with Gasteiger partial charge in [0.15, 0.2) is 0 Å². The molecule has 2 saturated carbocycles. The normalized spacial score (nSPS) is 19.2. The highest BCUT2D eigenvalue weighted by Gasteiger charge is 2.42. The summed E-state index contributed by atoms with van der Waals surface area (Å²) in [5.41, 5.74) is 0.908. The maximum atomic E-state index is 12.6. The third-order valence-electron chi connectivity index (χ3n) is 5.26. The fourth-order valence-corrected chi connectivity index (χ4v) is 3.75. The van der Waals surface area contributed by atoms with Gasteiger partial charge in [-0.2, -0.15) is 0 Å². The van der Waals surface area contributed by atoms with Gasteiger partial charge in [0.1, 0.15) is 12.6 Å². The number of carboxylic acids is 1. The smallest absolute Gasteiger partial charge is 0.411 e. The standard InChI is InChI=1S/C20H27NO4/c22-19(23)18(13-15-7-3-1-4-8-15)21(17-11-12-17)20(24)25-14-16-9-5-2-6-10-16/h2,5-6,9-10,15,17-18H,1,3-4,7-8,11-14H2,(H,22,23)/t18-/m0/s1. The van der Waals surface area contributed by atoms with Crippen LogP contribution < -0.4 is 0 Å². The number of aliphatic carboxylic acids is 1. The van der Waals surface area contributed by atoms with Gasteiger partial charge in [-0.15, -0.1) is 0 Å². The molecule has 5 nitrogen and oxygen atoms in total. The highest BCUT2D eigenvalue weighted by Crippen LogP contribution is 2.34. The van der Waals surface area contributed by atoms with E-state index in [1.807, 2.05) is 30.3 Å². The van der Waals surface area contributed by atoms with Crippen LogP contribution in [0.1, 0.15) is 56.9 Å². The van der Waals surface area contributed by atoms with Gasteiger partial charge in [-0.05, 0) is 30.7 Å². The van der Waals surface area contributed by atoms with Gasteiger partial charge in [0.05, 0.1) is 0 Å². The molecule has 2 aliphatic carbocycles. The molecule has 1 amide bonds. The molecule has 1 atom stereocenters. The van der Waals surface area contributed by atoms with Crippen LogP contribution in [0.25, 0.3) is 0 Å². The molecule has 3 rings (SSSR count). The van der Waals surface area contributed by atoms with Crippen molar-refractivity contribution in [2.24, 2.45) is 5.92 Å². The third kappa shape index (κ3) is 4.97. The molecule has 0 heterocycles. The lowest BCUT2D eigenvalue weighted by molar-refractivity contribution is -0.143. The second-order valence-corrected chi connectivity index (χ2v) is 7.27. The zero-order valence-electron chi connectivity index (χ0n) is 14.6. The van der Waals surface area contributed by atoms with Gasteiger partial charge in [-0.25, -0.2) is 9.59 Å². The van der Waals surface area contributed by atoms with Gasteiger partial charge < -0.3 is 9.84 Å². The molecule has 2 aliphatic rings. The molecule has 0 aliphatic heterocycles. The lowest BCUT2D eigenvalue weighted by Crippen LogP contribution is -2.47. The number of rotatable bonds is 7. The lowest BCUT2D eigenvalue weighted by Gasteiger charge is -2.32. The van der Waals surface area contributed by atoms with Gasteiger partial charge >= 0.3 is 12.1 Å². The Morgan fingerprint density at radius 2 is 1.76 bits per heavy atom.